The van der Waals surface area contributed by atoms with E-state index in [4.69, 9.17) is 5.11 Å². The van der Waals surface area contributed by atoms with Gasteiger partial charge in [-0.05, 0) is 53.9 Å². The molecule has 1 aromatic carbocycles. The highest BCUT2D eigenvalue weighted by atomic mass is 32.1. The summed E-state index contributed by atoms with van der Waals surface area (Å²) in [5, 5.41) is 13.2. The lowest BCUT2D eigenvalue weighted by atomic mass is 10.1. The first-order valence-electron chi connectivity index (χ1n) is 6.36. The van der Waals surface area contributed by atoms with Gasteiger partial charge in [0, 0.05) is 6.04 Å². The normalized spacial score (nSPS) is 12.7. The largest absolute Gasteiger partial charge is 0.478 e. The average Bonchev–Trinajstić information content (AvgIpc) is 3.06. The lowest BCUT2D eigenvalue weighted by molar-refractivity contribution is 0.0697. The maximum Gasteiger partial charge on any atom is 0.335 e. The summed E-state index contributed by atoms with van der Waals surface area (Å²) in [5.74, 6) is -0.923. The number of carboxylic acid groups (broad SMARTS) is 1. The molecule has 1 unspecified atom stereocenters. The molecular weight excluding hydrogens is 272 g/mol. The van der Waals surface area contributed by atoms with E-state index in [2.05, 4.69) is 33.3 Å². The number of hydrogen-bond donors (Lipinski definition) is 1. The summed E-state index contributed by atoms with van der Waals surface area (Å²) in [7, 11) is 0. The zero-order chi connectivity index (χ0) is 14.1. The Balaban J connectivity index is 1.94. The topological polar surface area (TPSA) is 55.1 Å². The van der Waals surface area contributed by atoms with Crippen LogP contribution < -0.4 is 0 Å². The fraction of sp³-hybridized carbons (Fsp3) is 0.200. The number of aromatic nitrogens is 2. The van der Waals surface area contributed by atoms with Crippen molar-refractivity contribution in [3.63, 3.8) is 0 Å². The molecule has 0 saturated carbocycles. The zero-order valence-corrected chi connectivity index (χ0v) is 11.8. The standard InChI is InChI=1S/C15H14N2O2S/c1-10(6-11-4-5-20-8-11)17-9-16-13-7-12(15(18)19)2-3-14(13)17/h2-5,7-10H,6H2,1H3,(H,18,19). The molecule has 1 N–H and O–H groups in total. The molecule has 0 bridgehead atoms. The van der Waals surface area contributed by atoms with Gasteiger partial charge < -0.3 is 9.67 Å². The molecule has 0 aliphatic rings. The smallest absolute Gasteiger partial charge is 0.335 e. The van der Waals surface area contributed by atoms with Gasteiger partial charge in [-0.25, -0.2) is 9.78 Å². The SMILES string of the molecule is CC(Cc1ccsc1)n1cnc2cc(C(=O)O)ccc21. The fourth-order valence-corrected chi connectivity index (χ4v) is 3.05. The van der Waals surface area contributed by atoms with Crippen LogP contribution in [0.4, 0.5) is 0 Å². The summed E-state index contributed by atoms with van der Waals surface area (Å²) < 4.78 is 2.10. The lowest BCUT2D eigenvalue weighted by Crippen LogP contribution is -2.06. The molecule has 2 heterocycles. The second kappa shape index (κ2) is 5.09. The number of carboxylic acids is 1. The molecule has 0 radical (unpaired) electrons. The van der Waals surface area contributed by atoms with Crippen molar-refractivity contribution in [2.24, 2.45) is 0 Å². The van der Waals surface area contributed by atoms with Crippen molar-refractivity contribution in [3.05, 3.63) is 52.5 Å². The van der Waals surface area contributed by atoms with Crippen LogP contribution in [-0.4, -0.2) is 20.6 Å². The number of rotatable bonds is 4. The second-order valence-corrected chi connectivity index (χ2v) is 5.63. The van der Waals surface area contributed by atoms with Crippen LogP contribution in [0, 0.1) is 0 Å². The van der Waals surface area contributed by atoms with Gasteiger partial charge in [0.1, 0.15) is 0 Å². The Morgan fingerprint density at radius 3 is 3.00 bits per heavy atom. The molecule has 20 heavy (non-hydrogen) atoms. The summed E-state index contributed by atoms with van der Waals surface area (Å²) >= 11 is 1.70. The highest BCUT2D eigenvalue weighted by Crippen LogP contribution is 2.22. The third-order valence-corrected chi connectivity index (χ3v) is 4.14. The Labute approximate surface area is 120 Å². The summed E-state index contributed by atoms with van der Waals surface area (Å²) in [6.07, 6.45) is 2.73. The number of carbonyl (C=O) groups is 1. The summed E-state index contributed by atoms with van der Waals surface area (Å²) in [6, 6.07) is 7.48. The minimum absolute atomic E-state index is 0.272. The van der Waals surface area contributed by atoms with Gasteiger partial charge in [0.15, 0.2) is 0 Å². The molecule has 102 valence electrons. The van der Waals surface area contributed by atoms with Crippen molar-refractivity contribution >= 4 is 28.3 Å². The average molecular weight is 286 g/mol. The van der Waals surface area contributed by atoms with E-state index < -0.39 is 5.97 Å². The van der Waals surface area contributed by atoms with Crippen LogP contribution in [-0.2, 0) is 6.42 Å². The van der Waals surface area contributed by atoms with E-state index in [1.54, 1.807) is 29.8 Å². The first-order chi connectivity index (χ1) is 9.65. The molecule has 5 heteroatoms. The number of thiophene rings is 1. The van der Waals surface area contributed by atoms with Crippen LogP contribution in [0.1, 0.15) is 28.9 Å². The molecular formula is C15H14N2O2S. The molecule has 0 spiro atoms. The lowest BCUT2D eigenvalue weighted by Gasteiger charge is -2.13. The summed E-state index contributed by atoms with van der Waals surface area (Å²) in [6.45, 7) is 2.14. The van der Waals surface area contributed by atoms with Crippen molar-refractivity contribution < 1.29 is 9.90 Å². The first-order valence-corrected chi connectivity index (χ1v) is 7.30. The third kappa shape index (κ3) is 2.32. The van der Waals surface area contributed by atoms with Crippen LogP contribution in [0.5, 0.6) is 0 Å². The first kappa shape index (κ1) is 12.9. The number of benzene rings is 1. The number of nitrogens with zero attached hydrogens (tertiary/aromatic N) is 2. The minimum atomic E-state index is -0.923. The van der Waals surface area contributed by atoms with Gasteiger partial charge >= 0.3 is 5.97 Å². The van der Waals surface area contributed by atoms with Gasteiger partial charge in [0.2, 0.25) is 0 Å². The molecule has 0 aliphatic carbocycles. The van der Waals surface area contributed by atoms with E-state index in [9.17, 15) is 4.79 Å². The van der Waals surface area contributed by atoms with Crippen LogP contribution >= 0.6 is 11.3 Å². The molecule has 0 fully saturated rings. The maximum absolute atomic E-state index is 11.0. The van der Waals surface area contributed by atoms with Crippen molar-refractivity contribution in [2.75, 3.05) is 0 Å². The van der Waals surface area contributed by atoms with Gasteiger partial charge in [-0.1, -0.05) is 0 Å². The van der Waals surface area contributed by atoms with E-state index in [0.29, 0.717) is 0 Å². The van der Waals surface area contributed by atoms with Gasteiger partial charge in [-0.15, -0.1) is 0 Å². The summed E-state index contributed by atoms with van der Waals surface area (Å²) in [5.41, 5.74) is 3.28. The monoisotopic (exact) mass is 286 g/mol. The second-order valence-electron chi connectivity index (χ2n) is 4.85. The van der Waals surface area contributed by atoms with Gasteiger partial charge in [-0.2, -0.15) is 11.3 Å². The van der Waals surface area contributed by atoms with Crippen molar-refractivity contribution in [2.45, 2.75) is 19.4 Å². The van der Waals surface area contributed by atoms with E-state index in [-0.39, 0.29) is 11.6 Å². The molecule has 4 nitrogen and oxygen atoms in total. The number of hydrogen-bond acceptors (Lipinski definition) is 3. The maximum atomic E-state index is 11.0. The highest BCUT2D eigenvalue weighted by Gasteiger charge is 2.12. The van der Waals surface area contributed by atoms with Crippen molar-refractivity contribution in [3.8, 4) is 0 Å². The molecule has 3 aromatic rings. The van der Waals surface area contributed by atoms with Crippen LogP contribution in [0.2, 0.25) is 0 Å². The Morgan fingerprint density at radius 2 is 2.30 bits per heavy atom. The quantitative estimate of drug-likeness (QED) is 0.797. The van der Waals surface area contributed by atoms with E-state index in [0.717, 1.165) is 17.5 Å². The zero-order valence-electron chi connectivity index (χ0n) is 11.0. The van der Waals surface area contributed by atoms with Gasteiger partial charge in [0.05, 0.1) is 22.9 Å². The third-order valence-electron chi connectivity index (χ3n) is 3.41. The molecule has 0 aliphatic heterocycles. The van der Waals surface area contributed by atoms with E-state index in [1.165, 1.54) is 5.56 Å². The predicted molar refractivity (Wildman–Crippen MR) is 79.4 cm³/mol. The Morgan fingerprint density at radius 1 is 1.45 bits per heavy atom. The molecule has 2 aromatic heterocycles. The number of imidazole rings is 1. The van der Waals surface area contributed by atoms with Crippen LogP contribution in [0.15, 0.2) is 41.4 Å². The number of fused-ring (bicyclic) bond motifs is 1. The van der Waals surface area contributed by atoms with E-state index in [1.807, 2.05) is 6.07 Å². The molecule has 3 rings (SSSR count). The minimum Gasteiger partial charge on any atom is -0.478 e. The van der Waals surface area contributed by atoms with Gasteiger partial charge in [-0.3, -0.25) is 0 Å². The summed E-state index contributed by atoms with van der Waals surface area (Å²) in [4.78, 5) is 15.3. The predicted octanol–water partition coefficient (Wildman–Crippen LogP) is 3.60. The van der Waals surface area contributed by atoms with Gasteiger partial charge in [0.25, 0.3) is 0 Å². The fourth-order valence-electron chi connectivity index (χ4n) is 2.36. The van der Waals surface area contributed by atoms with Crippen LogP contribution in [0.3, 0.4) is 0 Å². The van der Waals surface area contributed by atoms with Crippen LogP contribution in [0.25, 0.3) is 11.0 Å². The van der Waals surface area contributed by atoms with Crippen molar-refractivity contribution in [1.82, 2.24) is 9.55 Å². The number of aromatic carboxylic acids is 1. The Kier molecular flexibility index (Phi) is 3.28. The molecule has 0 saturated heterocycles. The Bertz CT molecular complexity index is 746. The Hall–Kier alpha value is -2.14. The van der Waals surface area contributed by atoms with E-state index >= 15 is 0 Å². The molecule has 0 amide bonds. The van der Waals surface area contributed by atoms with Crippen molar-refractivity contribution in [1.29, 1.82) is 0 Å². The molecule has 1 atom stereocenters. The highest BCUT2D eigenvalue weighted by molar-refractivity contribution is 7.07.